The van der Waals surface area contributed by atoms with Gasteiger partial charge in [-0.3, -0.25) is 4.98 Å². The van der Waals surface area contributed by atoms with E-state index in [0.29, 0.717) is 6.61 Å². The van der Waals surface area contributed by atoms with Gasteiger partial charge < -0.3 is 14.4 Å². The molecule has 23 heavy (non-hydrogen) atoms. The van der Waals surface area contributed by atoms with Crippen LogP contribution in [-0.4, -0.2) is 46.6 Å². The molecule has 0 radical (unpaired) electrons. The fourth-order valence-corrected chi connectivity index (χ4v) is 3.92. The van der Waals surface area contributed by atoms with Crippen molar-refractivity contribution in [2.45, 2.75) is 38.1 Å². The zero-order chi connectivity index (χ0) is 15.7. The van der Waals surface area contributed by atoms with Crippen LogP contribution in [0.4, 0.5) is 5.13 Å². The third kappa shape index (κ3) is 3.22. The highest BCUT2D eigenvalue weighted by Gasteiger charge is 2.48. The molecule has 4 rings (SSSR count). The van der Waals surface area contributed by atoms with E-state index < -0.39 is 0 Å². The Hall–Kier alpha value is -1.57. The van der Waals surface area contributed by atoms with Crippen molar-refractivity contribution in [3.8, 4) is 0 Å². The summed E-state index contributed by atoms with van der Waals surface area (Å²) in [6.45, 7) is 5.16. The third-order valence-electron chi connectivity index (χ3n) is 4.43. The van der Waals surface area contributed by atoms with Crippen molar-refractivity contribution in [2.75, 3.05) is 24.6 Å². The number of rotatable bonds is 4. The third-order valence-corrected chi connectivity index (χ3v) is 5.33. The molecule has 0 bridgehead atoms. The smallest absolute Gasteiger partial charge is 0.208 e. The molecule has 0 aliphatic carbocycles. The van der Waals surface area contributed by atoms with E-state index in [-0.39, 0.29) is 11.7 Å². The zero-order valence-corrected chi connectivity index (χ0v) is 14.0. The van der Waals surface area contributed by atoms with E-state index in [2.05, 4.69) is 20.1 Å². The Balaban J connectivity index is 1.31. The minimum atomic E-state index is -0.0687. The van der Waals surface area contributed by atoms with Crippen molar-refractivity contribution in [2.24, 2.45) is 0 Å². The number of hydrogen-bond acceptors (Lipinski definition) is 7. The molecular formula is C16H20N4O2S. The zero-order valence-electron chi connectivity index (χ0n) is 13.1. The SMILES string of the molecule is Cc1nnc(N2CC3(CC(OCc4ccncc4)CCO3)C2)s1. The van der Waals surface area contributed by atoms with Gasteiger partial charge in [-0.15, -0.1) is 10.2 Å². The minimum absolute atomic E-state index is 0.0687. The van der Waals surface area contributed by atoms with E-state index in [1.54, 1.807) is 23.7 Å². The molecule has 2 aromatic rings. The van der Waals surface area contributed by atoms with Crippen LogP contribution in [0.15, 0.2) is 24.5 Å². The predicted molar refractivity (Wildman–Crippen MR) is 87.6 cm³/mol. The lowest BCUT2D eigenvalue weighted by atomic mass is 9.85. The molecule has 122 valence electrons. The molecule has 7 heteroatoms. The van der Waals surface area contributed by atoms with Gasteiger partial charge in [-0.25, -0.2) is 0 Å². The number of aryl methyl sites for hydroxylation is 1. The number of anilines is 1. The molecule has 1 spiro atoms. The monoisotopic (exact) mass is 332 g/mol. The van der Waals surface area contributed by atoms with Gasteiger partial charge in [-0.2, -0.15) is 0 Å². The average molecular weight is 332 g/mol. The minimum Gasteiger partial charge on any atom is -0.373 e. The highest BCUT2D eigenvalue weighted by atomic mass is 32.1. The number of pyridine rings is 1. The van der Waals surface area contributed by atoms with Gasteiger partial charge >= 0.3 is 0 Å². The van der Waals surface area contributed by atoms with Crippen molar-refractivity contribution in [3.05, 3.63) is 35.1 Å². The molecule has 1 atom stereocenters. The van der Waals surface area contributed by atoms with Crippen LogP contribution in [0.25, 0.3) is 0 Å². The van der Waals surface area contributed by atoms with E-state index in [1.165, 1.54) is 5.56 Å². The molecule has 2 fully saturated rings. The fraction of sp³-hybridized carbons (Fsp3) is 0.562. The van der Waals surface area contributed by atoms with Gasteiger partial charge in [0, 0.05) is 25.4 Å². The van der Waals surface area contributed by atoms with E-state index in [0.717, 1.165) is 42.7 Å². The first-order valence-corrected chi connectivity index (χ1v) is 8.74. The first kappa shape index (κ1) is 15.0. The topological polar surface area (TPSA) is 60.4 Å². The Morgan fingerprint density at radius 1 is 1.35 bits per heavy atom. The maximum Gasteiger partial charge on any atom is 0.208 e. The van der Waals surface area contributed by atoms with Crippen molar-refractivity contribution in [1.29, 1.82) is 0 Å². The maximum absolute atomic E-state index is 6.09. The molecule has 2 saturated heterocycles. The summed E-state index contributed by atoms with van der Waals surface area (Å²) in [5, 5.41) is 10.3. The number of nitrogens with zero attached hydrogens (tertiary/aromatic N) is 4. The average Bonchev–Trinajstić information content (AvgIpc) is 2.98. The lowest BCUT2D eigenvalue weighted by Crippen LogP contribution is -2.66. The molecule has 0 N–H and O–H groups in total. The second-order valence-electron chi connectivity index (χ2n) is 6.27. The summed E-state index contributed by atoms with van der Waals surface area (Å²) >= 11 is 1.64. The Bertz CT molecular complexity index is 657. The lowest BCUT2D eigenvalue weighted by Gasteiger charge is -2.52. The van der Waals surface area contributed by atoms with Crippen LogP contribution >= 0.6 is 11.3 Å². The highest BCUT2D eigenvalue weighted by Crippen LogP contribution is 2.38. The number of ether oxygens (including phenoxy) is 2. The van der Waals surface area contributed by atoms with Gasteiger partial charge in [0.05, 0.1) is 25.8 Å². The van der Waals surface area contributed by atoms with Crippen molar-refractivity contribution >= 4 is 16.5 Å². The second-order valence-corrected chi connectivity index (χ2v) is 7.43. The van der Waals surface area contributed by atoms with Crippen LogP contribution in [0, 0.1) is 6.92 Å². The highest BCUT2D eigenvalue weighted by molar-refractivity contribution is 7.15. The molecule has 2 aromatic heterocycles. The second kappa shape index (κ2) is 6.14. The van der Waals surface area contributed by atoms with Gasteiger partial charge in [0.2, 0.25) is 5.13 Å². The molecule has 2 aliphatic heterocycles. The van der Waals surface area contributed by atoms with Crippen LogP contribution in [0.3, 0.4) is 0 Å². The largest absolute Gasteiger partial charge is 0.373 e. The molecular weight excluding hydrogens is 312 g/mol. The molecule has 0 amide bonds. The predicted octanol–water partition coefficient (Wildman–Crippen LogP) is 2.20. The fourth-order valence-electron chi connectivity index (χ4n) is 3.24. The molecule has 6 nitrogen and oxygen atoms in total. The Kier molecular flexibility index (Phi) is 4.00. The summed E-state index contributed by atoms with van der Waals surface area (Å²) in [5.41, 5.74) is 1.10. The molecule has 1 unspecified atom stereocenters. The van der Waals surface area contributed by atoms with Crippen molar-refractivity contribution in [1.82, 2.24) is 15.2 Å². The number of aromatic nitrogens is 3. The van der Waals surface area contributed by atoms with Gasteiger partial charge in [0.1, 0.15) is 10.6 Å². The maximum atomic E-state index is 6.09. The van der Waals surface area contributed by atoms with E-state index in [1.807, 2.05) is 19.1 Å². The lowest BCUT2D eigenvalue weighted by molar-refractivity contribution is -0.148. The van der Waals surface area contributed by atoms with Crippen LogP contribution in [0.5, 0.6) is 0 Å². The summed E-state index contributed by atoms with van der Waals surface area (Å²) < 4.78 is 12.2. The van der Waals surface area contributed by atoms with Gasteiger partial charge in [-0.05, 0) is 31.0 Å². The van der Waals surface area contributed by atoms with Gasteiger partial charge in [0.25, 0.3) is 0 Å². The summed E-state index contributed by atoms with van der Waals surface area (Å²) in [5.74, 6) is 0. The normalized spacial score (nSPS) is 23.0. The van der Waals surface area contributed by atoms with Gasteiger partial charge in [0.15, 0.2) is 0 Å². The molecule has 0 aromatic carbocycles. The summed E-state index contributed by atoms with van der Waals surface area (Å²) in [4.78, 5) is 6.28. The Morgan fingerprint density at radius 2 is 2.17 bits per heavy atom. The first-order chi connectivity index (χ1) is 11.2. The van der Waals surface area contributed by atoms with E-state index >= 15 is 0 Å². The van der Waals surface area contributed by atoms with E-state index in [9.17, 15) is 0 Å². The quantitative estimate of drug-likeness (QED) is 0.855. The summed E-state index contributed by atoms with van der Waals surface area (Å²) in [6, 6.07) is 4.00. The molecule has 2 aliphatic rings. The summed E-state index contributed by atoms with van der Waals surface area (Å²) in [6.07, 6.45) is 5.78. The van der Waals surface area contributed by atoms with Crippen molar-refractivity contribution in [3.63, 3.8) is 0 Å². The van der Waals surface area contributed by atoms with Crippen molar-refractivity contribution < 1.29 is 9.47 Å². The standard InChI is InChI=1S/C16H20N4O2S/c1-12-18-19-15(23-12)20-10-16(11-20)8-14(4-7-22-16)21-9-13-2-5-17-6-3-13/h2-3,5-6,14H,4,7-11H2,1H3. The first-order valence-electron chi connectivity index (χ1n) is 7.92. The number of hydrogen-bond donors (Lipinski definition) is 0. The van der Waals surface area contributed by atoms with Crippen LogP contribution in [-0.2, 0) is 16.1 Å². The van der Waals surface area contributed by atoms with E-state index in [4.69, 9.17) is 9.47 Å². The molecule has 0 saturated carbocycles. The Morgan fingerprint density at radius 3 is 2.91 bits per heavy atom. The van der Waals surface area contributed by atoms with Crippen LogP contribution in [0.2, 0.25) is 0 Å². The molecule has 4 heterocycles. The van der Waals surface area contributed by atoms with Gasteiger partial charge in [-0.1, -0.05) is 11.3 Å². The summed E-state index contributed by atoms with van der Waals surface area (Å²) in [7, 11) is 0. The van der Waals surface area contributed by atoms with Crippen LogP contribution < -0.4 is 4.90 Å². The van der Waals surface area contributed by atoms with Crippen LogP contribution in [0.1, 0.15) is 23.4 Å². The Labute approximate surface area is 139 Å².